The number of aromatic nitrogens is 1. The largest absolute Gasteiger partial charge is 0.441 e. The number of oxazole rings is 1. The molecule has 0 radical (unpaired) electrons. The summed E-state index contributed by atoms with van der Waals surface area (Å²) >= 11 is 0. The summed E-state index contributed by atoms with van der Waals surface area (Å²) in [5.74, 6) is 0.556. The fraction of sp³-hybridized carbons (Fsp3) is 0.190. The molecule has 2 amide bonds. The molecule has 1 aromatic heterocycles. The Kier molecular flexibility index (Phi) is 4.46. The van der Waals surface area contributed by atoms with Crippen LogP contribution in [0.4, 0.5) is 11.4 Å². The van der Waals surface area contributed by atoms with Crippen LogP contribution in [0, 0.1) is 6.92 Å². The lowest BCUT2D eigenvalue weighted by atomic mass is 10.2. The summed E-state index contributed by atoms with van der Waals surface area (Å²) in [5.41, 5.74) is 2.33. The van der Waals surface area contributed by atoms with Gasteiger partial charge in [-0.2, -0.15) is 0 Å². The van der Waals surface area contributed by atoms with Crippen molar-refractivity contribution in [2.45, 2.75) is 19.8 Å². The number of hydrogen-bond donors (Lipinski definition) is 1. The summed E-state index contributed by atoms with van der Waals surface area (Å²) in [6.45, 7) is 2.37. The second kappa shape index (κ2) is 7.07. The molecule has 2 aromatic carbocycles. The smallest absolute Gasteiger partial charge is 0.277 e. The van der Waals surface area contributed by atoms with E-state index in [0.717, 1.165) is 12.0 Å². The van der Waals surface area contributed by atoms with Gasteiger partial charge in [0.2, 0.25) is 11.8 Å². The number of carbonyl (C=O) groups excluding carboxylic acids is 2. The molecule has 1 aliphatic heterocycles. The number of amides is 2. The molecular formula is C21H19N3O3. The van der Waals surface area contributed by atoms with Gasteiger partial charge in [-0.3, -0.25) is 9.59 Å². The van der Waals surface area contributed by atoms with E-state index in [9.17, 15) is 9.59 Å². The van der Waals surface area contributed by atoms with E-state index in [1.54, 1.807) is 17.9 Å². The Labute approximate surface area is 156 Å². The normalized spacial score (nSPS) is 13.8. The van der Waals surface area contributed by atoms with E-state index < -0.39 is 0 Å². The predicted octanol–water partition coefficient (Wildman–Crippen LogP) is 4.03. The first-order valence-electron chi connectivity index (χ1n) is 8.87. The highest BCUT2D eigenvalue weighted by atomic mass is 16.4. The first kappa shape index (κ1) is 17.0. The van der Waals surface area contributed by atoms with Crippen LogP contribution in [0.3, 0.4) is 0 Å². The molecular weight excluding hydrogens is 342 g/mol. The molecule has 0 aliphatic carbocycles. The number of hydrogen-bond acceptors (Lipinski definition) is 4. The minimum atomic E-state index is -0.363. The molecule has 6 heteroatoms. The van der Waals surface area contributed by atoms with Gasteiger partial charge < -0.3 is 14.6 Å². The van der Waals surface area contributed by atoms with E-state index in [1.807, 2.05) is 48.5 Å². The fourth-order valence-electron chi connectivity index (χ4n) is 3.21. The van der Waals surface area contributed by atoms with Crippen LogP contribution >= 0.6 is 0 Å². The number of nitrogens with zero attached hydrogens (tertiary/aromatic N) is 2. The SMILES string of the molecule is Cc1oc(-c2ccccc2)nc1C(=O)Nc1ccccc1N1CCCC1=O. The summed E-state index contributed by atoms with van der Waals surface area (Å²) in [6, 6.07) is 16.7. The summed E-state index contributed by atoms with van der Waals surface area (Å²) in [4.78, 5) is 30.9. The second-order valence-corrected chi connectivity index (χ2v) is 6.41. The van der Waals surface area contributed by atoms with Crippen molar-refractivity contribution in [3.63, 3.8) is 0 Å². The summed E-state index contributed by atoms with van der Waals surface area (Å²) in [6.07, 6.45) is 1.36. The Morgan fingerprint density at radius 1 is 1.11 bits per heavy atom. The maximum Gasteiger partial charge on any atom is 0.277 e. The average Bonchev–Trinajstić information content (AvgIpc) is 3.28. The van der Waals surface area contributed by atoms with Gasteiger partial charge in [-0.15, -0.1) is 0 Å². The molecule has 2 heterocycles. The summed E-state index contributed by atoms with van der Waals surface area (Å²) in [5, 5.41) is 2.87. The number of anilines is 2. The number of benzene rings is 2. The van der Waals surface area contributed by atoms with Crippen LogP contribution in [-0.2, 0) is 4.79 Å². The topological polar surface area (TPSA) is 75.4 Å². The average molecular weight is 361 g/mol. The highest BCUT2D eigenvalue weighted by Gasteiger charge is 2.25. The molecule has 0 spiro atoms. The molecule has 6 nitrogen and oxygen atoms in total. The maximum absolute atomic E-state index is 12.8. The zero-order valence-electron chi connectivity index (χ0n) is 14.9. The minimum Gasteiger partial charge on any atom is -0.441 e. The van der Waals surface area contributed by atoms with Crippen molar-refractivity contribution in [3.05, 3.63) is 66.1 Å². The molecule has 1 N–H and O–H groups in total. The standard InChI is InChI=1S/C21H19N3O3/c1-14-19(23-21(27-14)15-8-3-2-4-9-15)20(26)22-16-10-5-6-11-17(16)24-13-7-12-18(24)25/h2-6,8-11H,7,12-13H2,1H3,(H,22,26). The number of aryl methyl sites for hydroxylation is 1. The Morgan fingerprint density at radius 2 is 1.85 bits per heavy atom. The number of nitrogens with one attached hydrogen (secondary N) is 1. The molecule has 4 rings (SSSR count). The lowest BCUT2D eigenvalue weighted by molar-refractivity contribution is -0.117. The van der Waals surface area contributed by atoms with Gasteiger partial charge in [-0.1, -0.05) is 30.3 Å². The Balaban J connectivity index is 1.61. The van der Waals surface area contributed by atoms with Crippen molar-refractivity contribution in [1.82, 2.24) is 4.98 Å². The molecule has 1 aliphatic rings. The maximum atomic E-state index is 12.8. The highest BCUT2D eigenvalue weighted by Crippen LogP contribution is 2.30. The van der Waals surface area contributed by atoms with Gasteiger partial charge in [-0.25, -0.2) is 4.98 Å². The van der Waals surface area contributed by atoms with Crippen LogP contribution in [0.15, 0.2) is 59.0 Å². The van der Waals surface area contributed by atoms with Crippen LogP contribution in [0.1, 0.15) is 29.1 Å². The summed E-state index contributed by atoms with van der Waals surface area (Å²) < 4.78 is 5.67. The van der Waals surface area contributed by atoms with E-state index in [1.165, 1.54) is 0 Å². The van der Waals surface area contributed by atoms with E-state index in [2.05, 4.69) is 10.3 Å². The van der Waals surface area contributed by atoms with Crippen molar-refractivity contribution in [3.8, 4) is 11.5 Å². The molecule has 1 fully saturated rings. The lowest BCUT2D eigenvalue weighted by Gasteiger charge is -2.19. The zero-order chi connectivity index (χ0) is 18.8. The first-order chi connectivity index (χ1) is 13.1. The molecule has 136 valence electrons. The molecule has 0 unspecified atom stereocenters. The molecule has 3 aromatic rings. The van der Waals surface area contributed by atoms with Gasteiger partial charge in [0.15, 0.2) is 5.69 Å². The zero-order valence-corrected chi connectivity index (χ0v) is 14.9. The van der Waals surface area contributed by atoms with E-state index >= 15 is 0 Å². The van der Waals surface area contributed by atoms with Gasteiger partial charge >= 0.3 is 0 Å². The monoisotopic (exact) mass is 361 g/mol. The Hall–Kier alpha value is -3.41. The van der Waals surface area contributed by atoms with Crippen LogP contribution in [-0.4, -0.2) is 23.3 Å². The molecule has 0 saturated carbocycles. The predicted molar refractivity (Wildman–Crippen MR) is 103 cm³/mol. The molecule has 0 bridgehead atoms. The van der Waals surface area contributed by atoms with Gasteiger partial charge in [-0.05, 0) is 37.6 Å². The first-order valence-corrected chi connectivity index (χ1v) is 8.87. The second-order valence-electron chi connectivity index (χ2n) is 6.41. The quantitative estimate of drug-likeness (QED) is 0.761. The van der Waals surface area contributed by atoms with Gasteiger partial charge in [0, 0.05) is 18.5 Å². The molecule has 0 atom stereocenters. The molecule has 27 heavy (non-hydrogen) atoms. The van der Waals surface area contributed by atoms with Crippen molar-refractivity contribution in [1.29, 1.82) is 0 Å². The third-order valence-electron chi connectivity index (χ3n) is 4.55. The fourth-order valence-corrected chi connectivity index (χ4v) is 3.21. The van der Waals surface area contributed by atoms with E-state index in [0.29, 0.717) is 36.0 Å². The van der Waals surface area contributed by atoms with Gasteiger partial charge in [0.1, 0.15) is 5.76 Å². The van der Waals surface area contributed by atoms with Crippen LogP contribution in [0.25, 0.3) is 11.5 Å². The third kappa shape index (κ3) is 3.33. The summed E-state index contributed by atoms with van der Waals surface area (Å²) in [7, 11) is 0. The Morgan fingerprint density at radius 3 is 2.59 bits per heavy atom. The minimum absolute atomic E-state index is 0.0701. The van der Waals surface area contributed by atoms with Crippen molar-refractivity contribution < 1.29 is 14.0 Å². The number of rotatable bonds is 4. The van der Waals surface area contributed by atoms with Crippen molar-refractivity contribution in [2.75, 3.05) is 16.8 Å². The Bertz CT molecular complexity index is 995. The van der Waals surface area contributed by atoms with Gasteiger partial charge in [0.05, 0.1) is 11.4 Å². The molecule has 1 saturated heterocycles. The van der Waals surface area contributed by atoms with Crippen LogP contribution in [0.5, 0.6) is 0 Å². The third-order valence-corrected chi connectivity index (χ3v) is 4.55. The number of carbonyl (C=O) groups is 2. The van der Waals surface area contributed by atoms with Crippen molar-refractivity contribution >= 4 is 23.2 Å². The van der Waals surface area contributed by atoms with Crippen molar-refractivity contribution in [2.24, 2.45) is 0 Å². The van der Waals surface area contributed by atoms with E-state index in [4.69, 9.17) is 4.42 Å². The lowest BCUT2D eigenvalue weighted by Crippen LogP contribution is -2.25. The van der Waals surface area contributed by atoms with Crippen LogP contribution in [0.2, 0.25) is 0 Å². The van der Waals surface area contributed by atoms with Crippen LogP contribution < -0.4 is 10.2 Å². The van der Waals surface area contributed by atoms with E-state index in [-0.39, 0.29) is 17.5 Å². The highest BCUT2D eigenvalue weighted by molar-refractivity contribution is 6.07. The number of para-hydroxylation sites is 2. The van der Waals surface area contributed by atoms with Gasteiger partial charge in [0.25, 0.3) is 5.91 Å².